The summed E-state index contributed by atoms with van der Waals surface area (Å²) in [6.45, 7) is 5.04. The van der Waals surface area contributed by atoms with Gasteiger partial charge in [-0.3, -0.25) is 4.90 Å². The Kier molecular flexibility index (Phi) is 3.19. The summed E-state index contributed by atoms with van der Waals surface area (Å²) in [5.74, 6) is 1.78. The van der Waals surface area contributed by atoms with E-state index in [0.717, 1.165) is 5.56 Å². The predicted octanol–water partition coefficient (Wildman–Crippen LogP) is 1.18. The molecule has 1 fully saturated rings. The first kappa shape index (κ1) is 13.9. The Labute approximate surface area is 128 Å². The molecule has 1 N–H and O–H groups in total. The van der Waals surface area contributed by atoms with Crippen LogP contribution in [0.3, 0.4) is 0 Å². The van der Waals surface area contributed by atoms with Crippen LogP contribution in [-0.2, 0) is 0 Å². The van der Waals surface area contributed by atoms with Crippen LogP contribution < -0.4 is 10.1 Å². The Bertz CT molecular complexity index is 765. The molecule has 3 rings (SSSR count). The van der Waals surface area contributed by atoms with Crippen molar-refractivity contribution in [2.45, 2.75) is 19.6 Å². The van der Waals surface area contributed by atoms with E-state index in [4.69, 9.17) is 15.3 Å². The molecular formula is C15H14N6O. The van der Waals surface area contributed by atoms with Crippen LogP contribution >= 0.6 is 0 Å². The Morgan fingerprint density at radius 3 is 2.95 bits per heavy atom. The van der Waals surface area contributed by atoms with Gasteiger partial charge in [-0.15, -0.1) is 4.99 Å². The zero-order valence-electron chi connectivity index (χ0n) is 12.3. The number of nitriles is 2. The lowest BCUT2D eigenvalue weighted by molar-refractivity contribution is 0.113. The predicted molar refractivity (Wildman–Crippen MR) is 80.2 cm³/mol. The lowest BCUT2D eigenvalue weighted by Gasteiger charge is -2.33. The molecule has 2 aliphatic heterocycles. The van der Waals surface area contributed by atoms with Gasteiger partial charge in [0.1, 0.15) is 11.6 Å². The minimum Gasteiger partial charge on any atom is -0.466 e. The van der Waals surface area contributed by atoms with E-state index in [9.17, 15) is 0 Å². The van der Waals surface area contributed by atoms with Gasteiger partial charge in [0, 0.05) is 13.1 Å². The molecule has 0 aromatic heterocycles. The van der Waals surface area contributed by atoms with Crippen LogP contribution in [0.15, 0.2) is 28.2 Å². The summed E-state index contributed by atoms with van der Waals surface area (Å²) < 4.78 is 5.85. The Morgan fingerprint density at radius 1 is 1.41 bits per heavy atom. The van der Waals surface area contributed by atoms with E-state index in [0.29, 0.717) is 36.2 Å². The van der Waals surface area contributed by atoms with Gasteiger partial charge in [-0.2, -0.15) is 10.5 Å². The summed E-state index contributed by atoms with van der Waals surface area (Å²) in [5, 5.41) is 21.0. The van der Waals surface area contributed by atoms with Gasteiger partial charge in [0.05, 0.1) is 17.2 Å². The van der Waals surface area contributed by atoms with Crippen LogP contribution in [0.4, 0.5) is 0 Å². The zero-order chi connectivity index (χ0) is 15.7. The third-order valence-corrected chi connectivity index (χ3v) is 3.37. The van der Waals surface area contributed by atoms with Gasteiger partial charge in [-0.25, -0.2) is 4.99 Å². The van der Waals surface area contributed by atoms with Crippen LogP contribution in [0.1, 0.15) is 25.0 Å². The first-order valence-electron chi connectivity index (χ1n) is 6.85. The first-order valence-corrected chi connectivity index (χ1v) is 6.85. The topological polar surface area (TPSA) is 96.8 Å². The average molecular weight is 294 g/mol. The number of nitrogens with zero attached hydrogens (tertiary/aromatic N) is 5. The molecular weight excluding hydrogens is 280 g/mol. The third kappa shape index (κ3) is 2.33. The number of guanidine groups is 1. The minimum absolute atomic E-state index is 0.465. The molecule has 0 atom stereocenters. The van der Waals surface area contributed by atoms with Crippen LogP contribution in [0.5, 0.6) is 5.75 Å². The van der Waals surface area contributed by atoms with Crippen LogP contribution in [0.2, 0.25) is 0 Å². The van der Waals surface area contributed by atoms with E-state index in [1.54, 1.807) is 24.4 Å². The lowest BCUT2D eigenvalue weighted by atomic mass is 10.1. The van der Waals surface area contributed by atoms with E-state index < -0.39 is 5.72 Å². The van der Waals surface area contributed by atoms with Crippen molar-refractivity contribution in [2.75, 3.05) is 13.1 Å². The van der Waals surface area contributed by atoms with Crippen molar-refractivity contribution in [1.29, 1.82) is 10.5 Å². The molecule has 2 heterocycles. The molecule has 0 unspecified atom stereocenters. The largest absolute Gasteiger partial charge is 0.466 e. The molecule has 22 heavy (non-hydrogen) atoms. The van der Waals surface area contributed by atoms with Gasteiger partial charge in [0.15, 0.2) is 5.72 Å². The number of hydrogen-bond acceptors (Lipinski definition) is 5. The molecule has 0 amide bonds. The smallest absolute Gasteiger partial charge is 0.215 e. The van der Waals surface area contributed by atoms with Crippen molar-refractivity contribution in [3.63, 3.8) is 0 Å². The number of nitrogens with one attached hydrogen (secondary N) is 1. The maximum absolute atomic E-state index is 9.11. The van der Waals surface area contributed by atoms with Crippen molar-refractivity contribution >= 4 is 11.8 Å². The number of ether oxygens (including phenoxy) is 1. The fourth-order valence-electron chi connectivity index (χ4n) is 2.51. The average Bonchev–Trinajstić information content (AvgIpc) is 2.93. The number of hydrogen-bond donors (Lipinski definition) is 1. The standard InChI is InChI=1S/C15H14N6O/c1-15(2)20-13(21-6-5-18-14(21)19-9-17)11-7-10(8-16)3-4-12(11)22-15/h3-4,7H,5-6H2,1-2H3,(H,18,19). The number of amidine groups is 1. The normalized spacial score (nSPS) is 20.3. The summed E-state index contributed by atoms with van der Waals surface area (Å²) in [5.41, 5.74) is 0.532. The number of aliphatic imine (C=N–C) groups is 2. The Balaban J connectivity index is 2.14. The second-order valence-electron chi connectivity index (χ2n) is 5.42. The van der Waals surface area contributed by atoms with E-state index in [1.807, 2.05) is 18.7 Å². The number of benzene rings is 1. The van der Waals surface area contributed by atoms with Crippen LogP contribution in [0.25, 0.3) is 0 Å². The molecule has 0 aliphatic carbocycles. The summed E-state index contributed by atoms with van der Waals surface area (Å²) >= 11 is 0. The van der Waals surface area contributed by atoms with E-state index in [1.165, 1.54) is 0 Å². The molecule has 0 radical (unpaired) electrons. The van der Waals surface area contributed by atoms with E-state index in [-0.39, 0.29) is 0 Å². The zero-order valence-corrected chi connectivity index (χ0v) is 12.3. The lowest BCUT2D eigenvalue weighted by Crippen LogP contribution is -2.42. The molecule has 110 valence electrons. The van der Waals surface area contributed by atoms with Crippen molar-refractivity contribution in [3.8, 4) is 18.0 Å². The second kappa shape index (κ2) is 5.05. The van der Waals surface area contributed by atoms with Gasteiger partial charge in [-0.1, -0.05) is 0 Å². The van der Waals surface area contributed by atoms with Gasteiger partial charge >= 0.3 is 0 Å². The molecule has 1 saturated heterocycles. The molecule has 1 aromatic carbocycles. The Morgan fingerprint density at radius 2 is 2.23 bits per heavy atom. The fraction of sp³-hybridized carbons (Fsp3) is 0.333. The molecule has 1 aromatic rings. The second-order valence-corrected chi connectivity index (χ2v) is 5.42. The highest BCUT2D eigenvalue weighted by Gasteiger charge is 2.34. The van der Waals surface area contributed by atoms with Gasteiger partial charge in [0.25, 0.3) is 0 Å². The maximum Gasteiger partial charge on any atom is 0.215 e. The van der Waals surface area contributed by atoms with Gasteiger partial charge < -0.3 is 10.1 Å². The first-order chi connectivity index (χ1) is 10.5. The summed E-state index contributed by atoms with van der Waals surface area (Å²) in [6, 6.07) is 7.35. The van der Waals surface area contributed by atoms with Crippen molar-refractivity contribution in [2.24, 2.45) is 9.98 Å². The fourth-order valence-corrected chi connectivity index (χ4v) is 2.51. The quantitative estimate of drug-likeness (QED) is 0.725. The monoisotopic (exact) mass is 294 g/mol. The van der Waals surface area contributed by atoms with Crippen molar-refractivity contribution < 1.29 is 4.74 Å². The molecule has 7 nitrogen and oxygen atoms in total. The molecule has 0 spiro atoms. The molecule has 2 aliphatic rings. The van der Waals surface area contributed by atoms with Crippen molar-refractivity contribution in [3.05, 3.63) is 29.3 Å². The summed E-state index contributed by atoms with van der Waals surface area (Å²) in [7, 11) is 0. The molecule has 0 bridgehead atoms. The van der Waals surface area contributed by atoms with Gasteiger partial charge in [-0.05, 0) is 32.0 Å². The highest BCUT2D eigenvalue weighted by Crippen LogP contribution is 2.32. The Hall–Kier alpha value is -3.06. The van der Waals surface area contributed by atoms with E-state index >= 15 is 0 Å². The minimum atomic E-state index is -0.725. The highest BCUT2D eigenvalue weighted by atomic mass is 16.5. The number of rotatable bonds is 0. The SMILES string of the molecule is CC1(C)N=C(N2CCNC2=NC#N)c2cc(C#N)ccc2O1. The number of fused-ring (bicyclic) bond motifs is 1. The summed E-state index contributed by atoms with van der Waals surface area (Å²) in [6.07, 6.45) is 1.79. The van der Waals surface area contributed by atoms with E-state index in [2.05, 4.69) is 21.4 Å². The van der Waals surface area contributed by atoms with Crippen LogP contribution in [0, 0.1) is 22.8 Å². The highest BCUT2D eigenvalue weighted by molar-refractivity contribution is 6.11. The third-order valence-electron chi connectivity index (χ3n) is 3.37. The van der Waals surface area contributed by atoms with Crippen molar-refractivity contribution in [1.82, 2.24) is 10.2 Å². The molecule has 7 heteroatoms. The van der Waals surface area contributed by atoms with Crippen LogP contribution in [-0.4, -0.2) is 35.5 Å². The maximum atomic E-state index is 9.11. The summed E-state index contributed by atoms with van der Waals surface area (Å²) in [4.78, 5) is 10.3. The molecule has 0 saturated carbocycles. The van der Waals surface area contributed by atoms with Gasteiger partial charge in [0.2, 0.25) is 12.2 Å².